The summed E-state index contributed by atoms with van der Waals surface area (Å²) in [6.45, 7) is 2.97. The maximum absolute atomic E-state index is 5.44. The summed E-state index contributed by atoms with van der Waals surface area (Å²) in [7, 11) is 4.27. The fraction of sp³-hybridized carbons (Fsp3) is 1.00. The fourth-order valence-electron chi connectivity index (χ4n) is 1.33. The summed E-state index contributed by atoms with van der Waals surface area (Å²) in [6.07, 6.45) is 2.23. The van der Waals surface area contributed by atoms with Crippen molar-refractivity contribution in [2.75, 3.05) is 40.9 Å². The molecule has 2 N–H and O–H groups in total. The molecule has 0 aromatic carbocycles. The molecular weight excluding hydrogens is 196 g/mol. The summed E-state index contributed by atoms with van der Waals surface area (Å²) >= 11 is 0. The van der Waals surface area contributed by atoms with Crippen molar-refractivity contribution in [2.24, 2.45) is 5.73 Å². The monoisotopic (exact) mass is 220 g/mol. The van der Waals surface area contributed by atoms with Crippen molar-refractivity contribution in [1.82, 2.24) is 4.90 Å². The first-order valence-corrected chi connectivity index (χ1v) is 6.94. The predicted octanol–water partition coefficient (Wildman–Crippen LogP) is 0.170. The zero-order valence-corrected chi connectivity index (χ0v) is 10.8. The van der Waals surface area contributed by atoms with Crippen LogP contribution in [0.2, 0.25) is 6.04 Å². The molecule has 14 heavy (non-hydrogen) atoms. The van der Waals surface area contributed by atoms with E-state index in [2.05, 4.69) is 11.9 Å². The quantitative estimate of drug-likeness (QED) is 0.563. The Bertz CT molecular complexity index is 123. The summed E-state index contributed by atoms with van der Waals surface area (Å²) in [5, 5.41) is 0. The van der Waals surface area contributed by atoms with Crippen LogP contribution in [0.25, 0.3) is 0 Å². The molecule has 4 nitrogen and oxygen atoms in total. The third kappa shape index (κ3) is 7.46. The standard InChI is InChI=1S/C9H24N2O2Si/c1-11(7-4-6-10)8-5-9-14(12-2)13-3/h14H,4-10H2,1-3H3. The number of nitrogens with zero attached hydrogens (tertiary/aromatic N) is 1. The van der Waals surface area contributed by atoms with Crippen molar-refractivity contribution >= 4 is 9.28 Å². The van der Waals surface area contributed by atoms with E-state index >= 15 is 0 Å². The molecule has 0 saturated carbocycles. The van der Waals surface area contributed by atoms with Gasteiger partial charge in [0, 0.05) is 14.2 Å². The summed E-state index contributed by atoms with van der Waals surface area (Å²) in [4.78, 5) is 2.31. The maximum atomic E-state index is 5.44. The predicted molar refractivity (Wildman–Crippen MR) is 61.8 cm³/mol. The molecule has 0 heterocycles. The summed E-state index contributed by atoms with van der Waals surface area (Å²) in [6, 6.07) is 1.08. The largest absolute Gasteiger partial charge is 0.400 e. The Morgan fingerprint density at radius 3 is 2.21 bits per heavy atom. The van der Waals surface area contributed by atoms with Crippen molar-refractivity contribution in [3.05, 3.63) is 0 Å². The van der Waals surface area contributed by atoms with Crippen LogP contribution >= 0.6 is 0 Å². The van der Waals surface area contributed by atoms with Gasteiger partial charge in [0.2, 0.25) is 0 Å². The fourth-order valence-corrected chi connectivity index (χ4v) is 2.51. The number of nitrogens with two attached hydrogens (primary N) is 1. The average Bonchev–Trinajstić information content (AvgIpc) is 2.21. The van der Waals surface area contributed by atoms with Crippen LogP contribution in [0.4, 0.5) is 0 Å². The normalized spacial score (nSPS) is 11.6. The second-order valence-corrected chi connectivity index (χ2v) is 5.87. The Morgan fingerprint density at radius 1 is 1.14 bits per heavy atom. The number of hydrogen-bond donors (Lipinski definition) is 1. The van der Waals surface area contributed by atoms with Crippen LogP contribution in [0.3, 0.4) is 0 Å². The van der Waals surface area contributed by atoms with E-state index in [0.717, 1.165) is 38.5 Å². The Morgan fingerprint density at radius 2 is 1.71 bits per heavy atom. The van der Waals surface area contributed by atoms with E-state index in [4.69, 9.17) is 14.6 Å². The van der Waals surface area contributed by atoms with Gasteiger partial charge in [0.25, 0.3) is 0 Å². The molecule has 0 unspecified atom stereocenters. The molecule has 5 heteroatoms. The van der Waals surface area contributed by atoms with E-state index in [1.54, 1.807) is 14.2 Å². The van der Waals surface area contributed by atoms with Crippen LogP contribution in [-0.2, 0) is 8.85 Å². The van der Waals surface area contributed by atoms with Crippen molar-refractivity contribution in [1.29, 1.82) is 0 Å². The second kappa shape index (κ2) is 9.61. The maximum Gasteiger partial charge on any atom is 0.320 e. The van der Waals surface area contributed by atoms with E-state index in [-0.39, 0.29) is 0 Å². The lowest BCUT2D eigenvalue weighted by Crippen LogP contribution is -2.25. The highest BCUT2D eigenvalue weighted by Gasteiger charge is 2.08. The molecule has 0 atom stereocenters. The molecule has 0 aliphatic carbocycles. The van der Waals surface area contributed by atoms with Gasteiger partial charge in [-0.05, 0) is 45.6 Å². The molecule has 0 amide bonds. The Kier molecular flexibility index (Phi) is 9.64. The summed E-state index contributed by atoms with van der Waals surface area (Å²) in [5.74, 6) is 0. The minimum atomic E-state index is -1.33. The van der Waals surface area contributed by atoms with Gasteiger partial charge in [0.1, 0.15) is 0 Å². The molecule has 0 bridgehead atoms. The van der Waals surface area contributed by atoms with Crippen LogP contribution in [0.5, 0.6) is 0 Å². The highest BCUT2D eigenvalue weighted by molar-refractivity contribution is 6.44. The van der Waals surface area contributed by atoms with Gasteiger partial charge in [-0.1, -0.05) is 0 Å². The van der Waals surface area contributed by atoms with Crippen LogP contribution in [-0.4, -0.2) is 55.1 Å². The zero-order valence-electron chi connectivity index (χ0n) is 9.66. The van der Waals surface area contributed by atoms with E-state index in [1.807, 2.05) is 0 Å². The molecular formula is C9H24N2O2Si. The van der Waals surface area contributed by atoms with Crippen LogP contribution in [0, 0.1) is 0 Å². The molecule has 0 spiro atoms. The van der Waals surface area contributed by atoms with E-state index in [1.165, 1.54) is 0 Å². The molecule has 0 aliphatic heterocycles. The summed E-state index contributed by atoms with van der Waals surface area (Å²) in [5.41, 5.74) is 5.44. The molecule has 0 aromatic heterocycles. The molecule has 0 fully saturated rings. The first-order valence-electron chi connectivity index (χ1n) is 5.18. The van der Waals surface area contributed by atoms with Crippen LogP contribution in [0.1, 0.15) is 12.8 Å². The van der Waals surface area contributed by atoms with Crippen molar-refractivity contribution in [3.8, 4) is 0 Å². The zero-order chi connectivity index (χ0) is 10.8. The van der Waals surface area contributed by atoms with Gasteiger partial charge >= 0.3 is 9.28 Å². The SMILES string of the molecule is CO[SiH](CCCN(C)CCCN)OC. The van der Waals surface area contributed by atoms with Gasteiger partial charge in [-0.2, -0.15) is 0 Å². The van der Waals surface area contributed by atoms with Crippen LogP contribution < -0.4 is 5.73 Å². The molecule has 0 saturated heterocycles. The van der Waals surface area contributed by atoms with Gasteiger partial charge in [-0.15, -0.1) is 0 Å². The highest BCUT2D eigenvalue weighted by Crippen LogP contribution is 2.00. The molecule has 0 radical (unpaired) electrons. The topological polar surface area (TPSA) is 47.7 Å². The van der Waals surface area contributed by atoms with Gasteiger partial charge in [-0.25, -0.2) is 0 Å². The Balaban J connectivity index is 3.33. The van der Waals surface area contributed by atoms with Crippen molar-refractivity contribution < 1.29 is 8.85 Å². The third-order valence-corrected chi connectivity index (χ3v) is 4.18. The highest BCUT2D eigenvalue weighted by atomic mass is 28.3. The van der Waals surface area contributed by atoms with Gasteiger partial charge < -0.3 is 19.5 Å². The van der Waals surface area contributed by atoms with Gasteiger partial charge in [0.15, 0.2) is 0 Å². The lowest BCUT2D eigenvalue weighted by atomic mass is 10.3. The van der Waals surface area contributed by atoms with Crippen LogP contribution in [0.15, 0.2) is 0 Å². The smallest absolute Gasteiger partial charge is 0.320 e. The van der Waals surface area contributed by atoms with Gasteiger partial charge in [0.05, 0.1) is 0 Å². The number of hydrogen-bond acceptors (Lipinski definition) is 4. The van der Waals surface area contributed by atoms with Gasteiger partial charge in [-0.3, -0.25) is 0 Å². The third-order valence-electron chi connectivity index (χ3n) is 2.25. The summed E-state index contributed by atoms with van der Waals surface area (Å²) < 4.78 is 10.5. The van der Waals surface area contributed by atoms with Crippen molar-refractivity contribution in [2.45, 2.75) is 18.9 Å². The average molecular weight is 220 g/mol. The first-order chi connectivity index (χ1) is 6.74. The first kappa shape index (κ1) is 14.1. The second-order valence-electron chi connectivity index (χ2n) is 3.49. The number of rotatable bonds is 9. The Hall–Kier alpha value is 0.0569. The molecule has 0 aliphatic rings. The lowest BCUT2D eigenvalue weighted by molar-refractivity contribution is 0.270. The molecule has 86 valence electrons. The van der Waals surface area contributed by atoms with E-state index in [9.17, 15) is 0 Å². The minimum Gasteiger partial charge on any atom is -0.400 e. The minimum absolute atomic E-state index is 0.776. The van der Waals surface area contributed by atoms with E-state index in [0.29, 0.717) is 0 Å². The Labute approximate surface area is 89.2 Å². The lowest BCUT2D eigenvalue weighted by Gasteiger charge is -2.17. The van der Waals surface area contributed by atoms with Crippen molar-refractivity contribution in [3.63, 3.8) is 0 Å². The van der Waals surface area contributed by atoms with E-state index < -0.39 is 9.28 Å². The molecule has 0 aromatic rings. The molecule has 0 rings (SSSR count).